The molecule has 0 aliphatic carbocycles. The van der Waals surface area contributed by atoms with Gasteiger partial charge in [-0.3, -0.25) is 0 Å². The smallest absolute Gasteiger partial charge is 0.255 e. The van der Waals surface area contributed by atoms with Crippen LogP contribution < -0.4 is 0 Å². The van der Waals surface area contributed by atoms with Gasteiger partial charge in [0.2, 0.25) is 0 Å². The Kier molecular flexibility index (Phi) is 1.65. The number of nitrogens with zero attached hydrogens (tertiary/aromatic N) is 1. The largest absolute Gasteiger partial charge is 0.440 e. The number of hydrogen-bond acceptors (Lipinski definition) is 4. The lowest BCUT2D eigenvalue weighted by molar-refractivity contribution is 0.423. The van der Waals surface area contributed by atoms with Crippen molar-refractivity contribution in [1.82, 2.24) is 4.98 Å². The molecular formula is C6H7NO2S. The summed E-state index contributed by atoms with van der Waals surface area (Å²) in [6, 6.07) is 0. The van der Waals surface area contributed by atoms with Gasteiger partial charge in [-0.25, -0.2) is 4.98 Å². The number of rotatable bonds is 3. The molecule has 0 bridgehead atoms. The Balaban J connectivity index is 1.79. The third-order valence-electron chi connectivity index (χ3n) is 1.20. The highest BCUT2D eigenvalue weighted by Crippen LogP contribution is 2.21. The molecule has 0 aromatic carbocycles. The Hall–Kier alpha value is -0.480. The minimum Gasteiger partial charge on any atom is -0.440 e. The van der Waals surface area contributed by atoms with Crippen molar-refractivity contribution in [3.63, 3.8) is 0 Å². The maximum atomic E-state index is 5.02. The molecule has 3 nitrogen and oxygen atoms in total. The Bertz CT molecular complexity index is 196. The molecule has 4 heteroatoms. The van der Waals surface area contributed by atoms with Crippen LogP contribution in [-0.2, 0) is 4.74 Å². The molecule has 1 aromatic rings. The Morgan fingerprint density at radius 3 is 3.30 bits per heavy atom. The summed E-state index contributed by atoms with van der Waals surface area (Å²) in [5, 5.41) is 0.732. The summed E-state index contributed by atoms with van der Waals surface area (Å²) in [5.74, 6) is 0.959. The van der Waals surface area contributed by atoms with E-state index >= 15 is 0 Å². The van der Waals surface area contributed by atoms with Crippen LogP contribution in [0.4, 0.5) is 0 Å². The molecule has 0 radical (unpaired) electrons. The van der Waals surface area contributed by atoms with E-state index < -0.39 is 0 Å². The summed E-state index contributed by atoms with van der Waals surface area (Å²) in [6.45, 7) is 0.897. The van der Waals surface area contributed by atoms with Gasteiger partial charge in [0.05, 0.1) is 18.9 Å². The van der Waals surface area contributed by atoms with E-state index in [1.54, 1.807) is 24.2 Å². The predicted molar refractivity (Wildman–Crippen MR) is 37.0 cm³/mol. The Morgan fingerprint density at radius 2 is 2.70 bits per heavy atom. The van der Waals surface area contributed by atoms with Gasteiger partial charge >= 0.3 is 0 Å². The summed E-state index contributed by atoms with van der Waals surface area (Å²) in [4.78, 5) is 3.96. The zero-order valence-electron chi connectivity index (χ0n) is 5.32. The lowest BCUT2D eigenvalue weighted by Crippen LogP contribution is -1.87. The normalized spacial score (nSPS) is 23.0. The van der Waals surface area contributed by atoms with Crippen molar-refractivity contribution < 1.29 is 9.15 Å². The zero-order valence-corrected chi connectivity index (χ0v) is 6.13. The summed E-state index contributed by atoms with van der Waals surface area (Å²) < 4.78 is 10.0. The third kappa shape index (κ3) is 1.52. The van der Waals surface area contributed by atoms with Crippen LogP contribution >= 0.6 is 11.8 Å². The van der Waals surface area contributed by atoms with Crippen LogP contribution in [0.5, 0.6) is 0 Å². The van der Waals surface area contributed by atoms with Crippen LogP contribution in [0, 0.1) is 0 Å². The molecule has 1 unspecified atom stereocenters. The molecule has 1 atom stereocenters. The minimum absolute atomic E-state index is 0.442. The molecule has 0 spiro atoms. The SMILES string of the molecule is c1coc(SCC2CO2)n1. The van der Waals surface area contributed by atoms with Gasteiger partial charge in [-0.05, 0) is 0 Å². The van der Waals surface area contributed by atoms with Gasteiger partial charge in [-0.2, -0.15) is 0 Å². The van der Waals surface area contributed by atoms with Gasteiger partial charge in [0.1, 0.15) is 6.26 Å². The molecule has 0 N–H and O–H groups in total. The van der Waals surface area contributed by atoms with Crippen LogP contribution in [0.3, 0.4) is 0 Å². The van der Waals surface area contributed by atoms with E-state index in [1.807, 2.05) is 0 Å². The third-order valence-corrected chi connectivity index (χ3v) is 2.19. The van der Waals surface area contributed by atoms with Crippen LogP contribution in [0.25, 0.3) is 0 Å². The maximum Gasteiger partial charge on any atom is 0.255 e. The summed E-state index contributed by atoms with van der Waals surface area (Å²) in [5.41, 5.74) is 0. The number of epoxide rings is 1. The summed E-state index contributed by atoms with van der Waals surface area (Å²) in [7, 11) is 0. The first-order valence-corrected chi connectivity index (χ1v) is 4.07. The highest BCUT2D eigenvalue weighted by molar-refractivity contribution is 7.99. The van der Waals surface area contributed by atoms with Crippen LogP contribution in [0.15, 0.2) is 22.1 Å². The van der Waals surface area contributed by atoms with Crippen LogP contribution in [-0.4, -0.2) is 23.4 Å². The molecule has 2 rings (SSSR count). The average Bonchev–Trinajstić information content (AvgIpc) is 2.63. The van der Waals surface area contributed by atoms with Crippen molar-refractivity contribution in [2.45, 2.75) is 11.3 Å². The van der Waals surface area contributed by atoms with Crippen LogP contribution in [0.1, 0.15) is 0 Å². The zero-order chi connectivity index (χ0) is 6.81. The molecule has 1 fully saturated rings. The standard InChI is InChI=1S/C6H7NO2S/c1-2-8-6(7-1)10-4-5-3-9-5/h1-2,5H,3-4H2. The molecule has 1 aliphatic rings. The quantitative estimate of drug-likeness (QED) is 0.487. The van der Waals surface area contributed by atoms with E-state index in [4.69, 9.17) is 9.15 Å². The van der Waals surface area contributed by atoms with Crippen molar-refractivity contribution in [3.05, 3.63) is 12.5 Å². The fourth-order valence-electron chi connectivity index (χ4n) is 0.610. The number of oxazole rings is 1. The van der Waals surface area contributed by atoms with Crippen molar-refractivity contribution in [3.8, 4) is 0 Å². The Morgan fingerprint density at radius 1 is 1.80 bits per heavy atom. The fraction of sp³-hybridized carbons (Fsp3) is 0.500. The molecule has 0 amide bonds. The Labute approximate surface area is 62.8 Å². The van der Waals surface area contributed by atoms with Gasteiger partial charge in [0.15, 0.2) is 0 Å². The molecule has 1 saturated heterocycles. The lowest BCUT2D eigenvalue weighted by atomic mass is 10.6. The second-order valence-corrected chi connectivity index (χ2v) is 3.04. The van der Waals surface area contributed by atoms with E-state index in [2.05, 4.69) is 4.98 Å². The molecule has 10 heavy (non-hydrogen) atoms. The number of thioether (sulfide) groups is 1. The van der Waals surface area contributed by atoms with Gasteiger partial charge < -0.3 is 9.15 Å². The van der Waals surface area contributed by atoms with E-state index in [9.17, 15) is 0 Å². The highest BCUT2D eigenvalue weighted by Gasteiger charge is 2.22. The average molecular weight is 157 g/mol. The van der Waals surface area contributed by atoms with Crippen molar-refractivity contribution >= 4 is 11.8 Å². The molecular weight excluding hydrogens is 150 g/mol. The van der Waals surface area contributed by atoms with Gasteiger partial charge in [-0.1, -0.05) is 11.8 Å². The van der Waals surface area contributed by atoms with Crippen LogP contribution in [0.2, 0.25) is 0 Å². The van der Waals surface area contributed by atoms with Gasteiger partial charge in [0, 0.05) is 5.75 Å². The van der Waals surface area contributed by atoms with E-state index in [1.165, 1.54) is 0 Å². The second kappa shape index (κ2) is 2.64. The van der Waals surface area contributed by atoms with Gasteiger partial charge in [-0.15, -0.1) is 0 Å². The van der Waals surface area contributed by atoms with E-state index in [0.717, 1.165) is 17.6 Å². The number of hydrogen-bond donors (Lipinski definition) is 0. The minimum atomic E-state index is 0.442. The molecule has 0 saturated carbocycles. The van der Waals surface area contributed by atoms with E-state index in [0.29, 0.717) is 6.10 Å². The first-order valence-electron chi connectivity index (χ1n) is 3.09. The summed E-state index contributed by atoms with van der Waals surface area (Å²) in [6.07, 6.45) is 3.67. The molecule has 54 valence electrons. The summed E-state index contributed by atoms with van der Waals surface area (Å²) >= 11 is 1.59. The van der Waals surface area contributed by atoms with Crippen molar-refractivity contribution in [1.29, 1.82) is 0 Å². The predicted octanol–water partition coefficient (Wildman–Crippen LogP) is 1.17. The molecule has 1 aromatic heterocycles. The molecule has 2 heterocycles. The van der Waals surface area contributed by atoms with E-state index in [-0.39, 0.29) is 0 Å². The van der Waals surface area contributed by atoms with Crippen molar-refractivity contribution in [2.75, 3.05) is 12.4 Å². The van der Waals surface area contributed by atoms with Gasteiger partial charge in [0.25, 0.3) is 5.22 Å². The molecule has 1 aliphatic heterocycles. The first-order chi connectivity index (χ1) is 4.95. The monoisotopic (exact) mass is 157 g/mol. The topological polar surface area (TPSA) is 38.6 Å². The second-order valence-electron chi connectivity index (χ2n) is 2.06. The fourth-order valence-corrected chi connectivity index (χ4v) is 1.39. The number of aromatic nitrogens is 1. The van der Waals surface area contributed by atoms with Crippen molar-refractivity contribution in [2.24, 2.45) is 0 Å². The maximum absolute atomic E-state index is 5.02. The first kappa shape index (κ1) is 6.24. The number of ether oxygens (including phenoxy) is 1. The lowest BCUT2D eigenvalue weighted by Gasteiger charge is -1.88. The highest BCUT2D eigenvalue weighted by atomic mass is 32.2.